The van der Waals surface area contributed by atoms with Crippen LogP contribution in [0.4, 0.5) is 17.6 Å². The molecule has 1 heterocycles. The van der Waals surface area contributed by atoms with E-state index in [-0.39, 0.29) is 12.5 Å². The third kappa shape index (κ3) is 5.96. The number of halogens is 4. The summed E-state index contributed by atoms with van der Waals surface area (Å²) in [6, 6.07) is 0. The number of nitrogens with zero attached hydrogens (tertiary/aromatic N) is 1. The highest BCUT2D eigenvalue weighted by Gasteiger charge is 2.41. The number of amides is 1. The van der Waals surface area contributed by atoms with E-state index < -0.39 is 31.5 Å². The Morgan fingerprint density at radius 1 is 1.48 bits per heavy atom. The lowest BCUT2D eigenvalue weighted by molar-refractivity contribution is -0.168. The molecule has 0 bridgehead atoms. The molecule has 0 aliphatic carbocycles. The Hall–Kier alpha value is -1.22. The van der Waals surface area contributed by atoms with Gasteiger partial charge < -0.3 is 10.1 Å². The summed E-state index contributed by atoms with van der Waals surface area (Å²) in [5, 5.41) is 5.12. The zero-order valence-corrected chi connectivity index (χ0v) is 12.4. The molecule has 1 aromatic rings. The molecular formula is C12H16F4N2O2S. The van der Waals surface area contributed by atoms with E-state index in [2.05, 4.69) is 15.0 Å². The lowest BCUT2D eigenvalue weighted by Gasteiger charge is -2.14. The maximum atomic E-state index is 12.5. The second-order valence-corrected chi connectivity index (χ2v) is 5.55. The highest BCUT2D eigenvalue weighted by atomic mass is 32.1. The normalized spacial score (nSPS) is 12.2. The number of alkyl halides is 4. The number of carbonyl (C=O) groups is 1. The van der Waals surface area contributed by atoms with Crippen molar-refractivity contribution in [2.45, 2.75) is 38.7 Å². The molecule has 0 aromatic carbocycles. The molecule has 4 nitrogen and oxygen atoms in total. The Balaban J connectivity index is 2.28. The minimum atomic E-state index is -4.25. The summed E-state index contributed by atoms with van der Waals surface area (Å²) in [7, 11) is 0. The van der Waals surface area contributed by atoms with Gasteiger partial charge in [0.15, 0.2) is 0 Å². The minimum Gasteiger partial charge on any atom is -0.365 e. The molecule has 21 heavy (non-hydrogen) atoms. The first-order valence-corrected chi connectivity index (χ1v) is 7.05. The van der Waals surface area contributed by atoms with Gasteiger partial charge in [0.05, 0.1) is 17.2 Å². The van der Waals surface area contributed by atoms with Gasteiger partial charge in [-0.1, -0.05) is 13.8 Å². The van der Waals surface area contributed by atoms with Gasteiger partial charge in [0, 0.05) is 11.3 Å². The van der Waals surface area contributed by atoms with E-state index in [0.717, 1.165) is 5.01 Å². The molecule has 0 radical (unpaired) electrons. The van der Waals surface area contributed by atoms with E-state index in [0.29, 0.717) is 5.69 Å². The summed E-state index contributed by atoms with van der Waals surface area (Å²) in [4.78, 5) is 15.6. The molecule has 0 aliphatic rings. The monoisotopic (exact) mass is 328 g/mol. The van der Waals surface area contributed by atoms with E-state index in [1.807, 2.05) is 13.8 Å². The van der Waals surface area contributed by atoms with Gasteiger partial charge in [0.1, 0.15) is 13.2 Å². The van der Waals surface area contributed by atoms with Crippen LogP contribution in [0.5, 0.6) is 0 Å². The van der Waals surface area contributed by atoms with Crippen LogP contribution < -0.4 is 5.32 Å². The van der Waals surface area contributed by atoms with Crippen LogP contribution >= 0.6 is 11.3 Å². The standard InChI is InChI=1S/C12H16F4N2O2S/c1-7(2)10-18-8(5-21-10)3-17-9(19)4-20-6-12(15,16)11(13)14/h5,7,11H,3-4,6H2,1-2H3,(H,17,19). The predicted molar refractivity (Wildman–Crippen MR) is 69.8 cm³/mol. The number of rotatable bonds is 8. The van der Waals surface area contributed by atoms with Gasteiger partial charge in [-0.2, -0.15) is 8.78 Å². The molecule has 0 unspecified atom stereocenters. The zero-order chi connectivity index (χ0) is 16.0. The number of ether oxygens (including phenoxy) is 1. The first kappa shape index (κ1) is 17.8. The number of aromatic nitrogens is 1. The molecule has 0 aliphatic heterocycles. The summed E-state index contributed by atoms with van der Waals surface area (Å²) >= 11 is 1.46. The quantitative estimate of drug-likeness (QED) is 0.747. The number of carbonyl (C=O) groups excluding carboxylic acids is 1. The van der Waals surface area contributed by atoms with E-state index in [4.69, 9.17) is 0 Å². The van der Waals surface area contributed by atoms with Crippen molar-refractivity contribution >= 4 is 17.2 Å². The van der Waals surface area contributed by atoms with Crippen molar-refractivity contribution in [1.82, 2.24) is 10.3 Å². The summed E-state index contributed by atoms with van der Waals surface area (Å²) in [5.74, 6) is -4.64. The molecular weight excluding hydrogens is 312 g/mol. The lowest BCUT2D eigenvalue weighted by Crippen LogP contribution is -2.35. The largest absolute Gasteiger partial charge is 0.365 e. The number of hydrogen-bond donors (Lipinski definition) is 1. The number of hydrogen-bond acceptors (Lipinski definition) is 4. The second kappa shape index (κ2) is 7.69. The highest BCUT2D eigenvalue weighted by Crippen LogP contribution is 2.22. The van der Waals surface area contributed by atoms with Crippen LogP contribution in [0.2, 0.25) is 0 Å². The average molecular weight is 328 g/mol. The molecule has 0 saturated heterocycles. The Morgan fingerprint density at radius 3 is 2.67 bits per heavy atom. The molecule has 1 rings (SSSR count). The number of nitrogens with one attached hydrogen (secondary N) is 1. The predicted octanol–water partition coefficient (Wildman–Crippen LogP) is 2.80. The summed E-state index contributed by atoms with van der Waals surface area (Å²) in [6.07, 6.45) is -3.81. The molecule has 0 atom stereocenters. The molecule has 9 heteroatoms. The fraction of sp³-hybridized carbons (Fsp3) is 0.667. The van der Waals surface area contributed by atoms with Crippen molar-refractivity contribution in [3.8, 4) is 0 Å². The highest BCUT2D eigenvalue weighted by molar-refractivity contribution is 7.09. The Kier molecular flexibility index (Phi) is 6.53. The van der Waals surface area contributed by atoms with Crippen molar-refractivity contribution in [1.29, 1.82) is 0 Å². The van der Waals surface area contributed by atoms with Crippen molar-refractivity contribution in [2.75, 3.05) is 13.2 Å². The lowest BCUT2D eigenvalue weighted by atomic mass is 10.2. The van der Waals surface area contributed by atoms with E-state index >= 15 is 0 Å². The van der Waals surface area contributed by atoms with Crippen LogP contribution in [-0.2, 0) is 16.1 Å². The van der Waals surface area contributed by atoms with Gasteiger partial charge in [-0.05, 0) is 0 Å². The third-order valence-corrected chi connectivity index (χ3v) is 3.57. The second-order valence-electron chi connectivity index (χ2n) is 4.66. The van der Waals surface area contributed by atoms with Gasteiger partial charge in [-0.25, -0.2) is 13.8 Å². The van der Waals surface area contributed by atoms with Crippen LogP contribution in [0.1, 0.15) is 30.5 Å². The van der Waals surface area contributed by atoms with Gasteiger partial charge in [0.25, 0.3) is 0 Å². The van der Waals surface area contributed by atoms with E-state index in [1.54, 1.807) is 5.38 Å². The van der Waals surface area contributed by atoms with Gasteiger partial charge in [-0.3, -0.25) is 4.79 Å². The zero-order valence-electron chi connectivity index (χ0n) is 11.5. The van der Waals surface area contributed by atoms with Crippen LogP contribution in [0.15, 0.2) is 5.38 Å². The van der Waals surface area contributed by atoms with Gasteiger partial charge >= 0.3 is 12.3 Å². The van der Waals surface area contributed by atoms with Crippen molar-refractivity contribution in [3.63, 3.8) is 0 Å². The van der Waals surface area contributed by atoms with Gasteiger partial charge in [0.2, 0.25) is 5.91 Å². The first-order valence-electron chi connectivity index (χ1n) is 6.17. The van der Waals surface area contributed by atoms with Crippen LogP contribution in [-0.4, -0.2) is 36.5 Å². The summed E-state index contributed by atoms with van der Waals surface area (Å²) < 4.78 is 53.0. The number of thiazole rings is 1. The van der Waals surface area contributed by atoms with Crippen molar-refractivity contribution in [3.05, 3.63) is 16.1 Å². The molecule has 1 aromatic heterocycles. The van der Waals surface area contributed by atoms with Crippen LogP contribution in [0, 0.1) is 0 Å². The molecule has 1 N–H and O–H groups in total. The fourth-order valence-corrected chi connectivity index (χ4v) is 2.09. The first-order chi connectivity index (χ1) is 9.72. The summed E-state index contributed by atoms with van der Waals surface area (Å²) in [6.45, 7) is 1.91. The Bertz CT molecular complexity index is 466. The van der Waals surface area contributed by atoms with Crippen molar-refractivity contribution in [2.24, 2.45) is 0 Å². The van der Waals surface area contributed by atoms with Crippen LogP contribution in [0.25, 0.3) is 0 Å². The third-order valence-electron chi connectivity index (χ3n) is 2.38. The average Bonchev–Trinajstić information content (AvgIpc) is 2.85. The maximum absolute atomic E-state index is 12.5. The van der Waals surface area contributed by atoms with Gasteiger partial charge in [-0.15, -0.1) is 11.3 Å². The smallest absolute Gasteiger partial charge is 0.330 e. The SMILES string of the molecule is CC(C)c1nc(CNC(=O)COCC(F)(F)C(F)F)cs1. The molecule has 0 saturated carbocycles. The maximum Gasteiger partial charge on any atom is 0.330 e. The van der Waals surface area contributed by atoms with E-state index in [9.17, 15) is 22.4 Å². The fourth-order valence-electron chi connectivity index (χ4n) is 1.25. The Labute approximate surface area is 123 Å². The van der Waals surface area contributed by atoms with Crippen molar-refractivity contribution < 1.29 is 27.1 Å². The Morgan fingerprint density at radius 2 is 2.14 bits per heavy atom. The van der Waals surface area contributed by atoms with Crippen LogP contribution in [0.3, 0.4) is 0 Å². The molecule has 0 fully saturated rings. The minimum absolute atomic E-state index is 0.136. The molecule has 0 spiro atoms. The molecule has 1 amide bonds. The topological polar surface area (TPSA) is 51.2 Å². The van der Waals surface area contributed by atoms with E-state index in [1.165, 1.54) is 11.3 Å². The molecule has 120 valence electrons. The summed E-state index contributed by atoms with van der Waals surface area (Å²) in [5.41, 5.74) is 0.648.